The molecule has 0 aromatic heterocycles. The van der Waals surface area contributed by atoms with Crippen LogP contribution in [-0.2, 0) is 11.3 Å². The third-order valence-electron chi connectivity index (χ3n) is 14.2. The van der Waals surface area contributed by atoms with Crippen molar-refractivity contribution >= 4 is 17.2 Å². The molecule has 4 nitrogen and oxygen atoms in total. The molecule has 11 rings (SSSR count). The Morgan fingerprint density at radius 3 is 1.48 bits per heavy atom. The molecule has 10 aliphatic rings. The monoisotopic (exact) mass is 606 g/mol. The smallest absolute Gasteiger partial charge is 0.0429 e. The lowest BCUT2D eigenvalue weighted by Gasteiger charge is -2.67. The molecule has 42 heavy (non-hydrogen) atoms. The van der Waals surface area contributed by atoms with Crippen molar-refractivity contribution in [1.82, 2.24) is 21.3 Å². The Morgan fingerprint density at radius 2 is 1.07 bits per heavy atom. The van der Waals surface area contributed by atoms with E-state index in [1.54, 1.807) is 88.2 Å². The van der Waals surface area contributed by atoms with Gasteiger partial charge < -0.3 is 21.3 Å². The fourth-order valence-corrected chi connectivity index (χ4v) is 19.4. The van der Waals surface area contributed by atoms with Gasteiger partial charge in [0.1, 0.15) is 0 Å². The highest BCUT2D eigenvalue weighted by molar-refractivity contribution is 7.60. The summed E-state index contributed by atoms with van der Waals surface area (Å²) in [7, 11) is 3.43. The summed E-state index contributed by atoms with van der Waals surface area (Å²) in [5.74, 6) is 6.34. The van der Waals surface area contributed by atoms with E-state index in [2.05, 4.69) is 54.8 Å². The number of nitrogens with one attached hydrogen (secondary N) is 4. The third-order valence-corrected chi connectivity index (χ3v) is 19.4. The lowest BCUT2D eigenvalue weighted by Crippen LogP contribution is -2.66. The van der Waals surface area contributed by atoms with Crippen LogP contribution in [0.2, 0.25) is 0 Å². The van der Waals surface area contributed by atoms with Gasteiger partial charge in [0.05, 0.1) is 0 Å². The molecule has 6 heteroatoms. The van der Waals surface area contributed by atoms with Crippen LogP contribution in [0.4, 0.5) is 0 Å². The molecule has 0 spiro atoms. The molecule has 0 amide bonds. The van der Waals surface area contributed by atoms with Gasteiger partial charge >= 0.3 is 0 Å². The zero-order chi connectivity index (χ0) is 27.9. The first-order valence-electron chi connectivity index (χ1n) is 18.0. The second-order valence-corrected chi connectivity index (χ2v) is 20.9. The quantitative estimate of drug-likeness (QED) is 0.297. The van der Waals surface area contributed by atoms with E-state index in [0.717, 1.165) is 74.8 Å². The summed E-state index contributed by atoms with van der Waals surface area (Å²) in [6.07, 6.45) is 20.5. The van der Waals surface area contributed by atoms with E-state index < -0.39 is 0 Å². The maximum absolute atomic E-state index is 4.01. The van der Waals surface area contributed by atoms with E-state index in [-0.39, 0.29) is 13.1 Å². The summed E-state index contributed by atoms with van der Waals surface area (Å²) < 4.78 is 0. The summed E-state index contributed by atoms with van der Waals surface area (Å²) in [6, 6.07) is 10.8. The van der Waals surface area contributed by atoms with Crippen molar-refractivity contribution in [3.63, 3.8) is 0 Å². The molecule has 8 saturated carbocycles. The van der Waals surface area contributed by atoms with E-state index in [4.69, 9.17) is 0 Å². The standard InChI is InChI=1S/C36H56N4P2/c41-36(32-21-37-5-7-39-32,33-22-38-6-8-40-33)31-4-2-1-3-30(31)23-42(34-15-24-9-25(16-34)11-26(10-24)17-34)35-18-27-12-28(19-35)14-29(13-27)20-35/h1-4,24-29,32-33,37-40H,5-23,41H2. The number of piperazine rings is 2. The first kappa shape index (κ1) is 28.2. The Labute approximate surface area is 258 Å². The van der Waals surface area contributed by atoms with E-state index >= 15 is 0 Å². The summed E-state index contributed by atoms with van der Waals surface area (Å²) in [5.41, 5.74) is 3.37. The van der Waals surface area contributed by atoms with Gasteiger partial charge in [-0.1, -0.05) is 32.2 Å². The van der Waals surface area contributed by atoms with Crippen molar-refractivity contribution in [1.29, 1.82) is 0 Å². The maximum atomic E-state index is 4.01. The normalized spacial score (nSPS) is 47.8. The van der Waals surface area contributed by atoms with Gasteiger partial charge in [-0.25, -0.2) is 0 Å². The Kier molecular flexibility index (Phi) is 7.20. The minimum absolute atomic E-state index is 0.0264. The Morgan fingerprint density at radius 1 is 0.643 bits per heavy atom. The van der Waals surface area contributed by atoms with Crippen molar-refractivity contribution in [2.75, 3.05) is 39.3 Å². The topological polar surface area (TPSA) is 48.1 Å². The summed E-state index contributed by atoms with van der Waals surface area (Å²) in [4.78, 5) is 0. The van der Waals surface area contributed by atoms with Crippen LogP contribution in [0, 0.1) is 35.5 Å². The molecule has 8 aliphatic carbocycles. The van der Waals surface area contributed by atoms with Crippen molar-refractivity contribution in [2.45, 2.75) is 111 Å². The Hall–Kier alpha value is -0.0800. The number of benzene rings is 1. The molecule has 3 atom stereocenters. The molecular formula is C36H56N4P2. The first-order valence-corrected chi connectivity index (χ1v) is 20.1. The number of hydrogen-bond donors (Lipinski definition) is 4. The predicted octanol–water partition coefficient (Wildman–Crippen LogP) is 5.80. The molecule has 230 valence electrons. The van der Waals surface area contributed by atoms with Crippen molar-refractivity contribution < 1.29 is 0 Å². The summed E-state index contributed by atoms with van der Waals surface area (Å²) in [5, 5.41) is 16.9. The summed E-state index contributed by atoms with van der Waals surface area (Å²) >= 11 is 0. The lowest BCUT2D eigenvalue weighted by atomic mass is 9.55. The molecule has 2 saturated heterocycles. The molecule has 0 radical (unpaired) electrons. The predicted molar refractivity (Wildman–Crippen MR) is 180 cm³/mol. The largest absolute Gasteiger partial charge is 0.314 e. The zero-order valence-corrected chi connectivity index (χ0v) is 27.9. The minimum atomic E-state index is -0.0647. The Balaban J connectivity index is 1.14. The van der Waals surface area contributed by atoms with Crippen molar-refractivity contribution in [3.05, 3.63) is 35.4 Å². The first-order chi connectivity index (χ1) is 20.5. The van der Waals surface area contributed by atoms with Crippen LogP contribution in [0.5, 0.6) is 0 Å². The highest BCUT2D eigenvalue weighted by Crippen LogP contribution is 2.79. The van der Waals surface area contributed by atoms with Crippen LogP contribution in [0.3, 0.4) is 0 Å². The van der Waals surface area contributed by atoms with Gasteiger partial charge in [-0.05, 0) is 140 Å². The average molecular weight is 607 g/mol. The minimum Gasteiger partial charge on any atom is -0.314 e. The highest BCUT2D eigenvalue weighted by atomic mass is 31.1. The zero-order valence-electron chi connectivity index (χ0n) is 25.9. The maximum Gasteiger partial charge on any atom is 0.0429 e. The lowest BCUT2D eigenvalue weighted by molar-refractivity contribution is 0.0184. The van der Waals surface area contributed by atoms with Gasteiger partial charge in [0, 0.05) is 56.5 Å². The van der Waals surface area contributed by atoms with Crippen LogP contribution in [0.25, 0.3) is 0 Å². The molecule has 3 unspecified atom stereocenters. The van der Waals surface area contributed by atoms with Crippen LogP contribution in [0.1, 0.15) is 88.2 Å². The molecule has 4 N–H and O–H groups in total. The highest BCUT2D eigenvalue weighted by Gasteiger charge is 2.62. The van der Waals surface area contributed by atoms with E-state index in [0.29, 0.717) is 22.4 Å². The van der Waals surface area contributed by atoms with E-state index in [1.807, 2.05) is 0 Å². The van der Waals surface area contributed by atoms with Gasteiger partial charge in [0.2, 0.25) is 0 Å². The van der Waals surface area contributed by atoms with E-state index in [9.17, 15) is 0 Å². The van der Waals surface area contributed by atoms with Crippen LogP contribution in [0.15, 0.2) is 24.3 Å². The number of hydrogen-bond acceptors (Lipinski definition) is 4. The SMILES string of the molecule is PC(c1ccccc1CP(C12CC3CC(CC(C3)C1)C2)C12CC3CC(CC(C3)C1)C2)(C1CNCCN1)C1CNCCN1. The van der Waals surface area contributed by atoms with Crippen molar-refractivity contribution in [3.8, 4) is 0 Å². The van der Waals surface area contributed by atoms with E-state index in [1.165, 1.54) is 6.16 Å². The average Bonchev–Trinajstić information content (AvgIpc) is 2.99. The van der Waals surface area contributed by atoms with Gasteiger partial charge in [-0.2, -0.15) is 0 Å². The molecule has 2 heterocycles. The molecular weight excluding hydrogens is 550 g/mol. The second kappa shape index (κ2) is 10.7. The third kappa shape index (κ3) is 4.58. The van der Waals surface area contributed by atoms with Crippen LogP contribution >= 0.6 is 17.2 Å². The Bertz CT molecular complexity index is 1020. The van der Waals surface area contributed by atoms with Crippen LogP contribution in [-0.4, -0.2) is 61.7 Å². The van der Waals surface area contributed by atoms with Crippen molar-refractivity contribution in [2.24, 2.45) is 35.5 Å². The number of rotatable bonds is 7. The molecule has 1 aromatic rings. The molecule has 8 bridgehead atoms. The van der Waals surface area contributed by atoms with Crippen LogP contribution < -0.4 is 21.3 Å². The fraction of sp³-hybridized carbons (Fsp3) is 0.833. The summed E-state index contributed by atoms with van der Waals surface area (Å²) in [6.45, 7) is 6.40. The van der Waals surface area contributed by atoms with Gasteiger partial charge in [0.15, 0.2) is 0 Å². The van der Waals surface area contributed by atoms with Gasteiger partial charge in [0.25, 0.3) is 0 Å². The molecule has 1 aromatic carbocycles. The van der Waals surface area contributed by atoms with Gasteiger partial charge in [-0.3, -0.25) is 0 Å². The molecule has 10 fully saturated rings. The van der Waals surface area contributed by atoms with Gasteiger partial charge in [-0.15, -0.1) is 9.24 Å². The second-order valence-electron chi connectivity index (χ2n) is 16.9. The molecule has 2 aliphatic heterocycles. The fourth-order valence-electron chi connectivity index (χ4n) is 13.5.